The average Bonchev–Trinajstić information content (AvgIpc) is 2.48. The third kappa shape index (κ3) is 5.66. The third-order valence-electron chi connectivity index (χ3n) is 2.78. The molecule has 0 aliphatic carbocycles. The van der Waals surface area contributed by atoms with Crippen LogP contribution in [0, 0.1) is 10.1 Å². The number of hydrogen-bond acceptors (Lipinski definition) is 5. The van der Waals surface area contributed by atoms with Crippen LogP contribution in [0.1, 0.15) is 13.3 Å². The van der Waals surface area contributed by atoms with Crippen molar-refractivity contribution in [2.24, 2.45) is 0 Å². The number of hydrogen-bond donors (Lipinski definition) is 2. The summed E-state index contributed by atoms with van der Waals surface area (Å²) in [4.78, 5) is 23.4. The summed E-state index contributed by atoms with van der Waals surface area (Å²) in [5, 5.41) is 22.0. The van der Waals surface area contributed by atoms with E-state index < -0.39 is 17.6 Å². The summed E-state index contributed by atoms with van der Waals surface area (Å²) in [6.45, 7) is -1.23. The molecule has 2 amide bonds. The predicted octanol–water partition coefficient (Wildman–Crippen LogP) is 2.43. The molecule has 1 aromatic carbocycles. The van der Waals surface area contributed by atoms with Crippen molar-refractivity contribution >= 4 is 17.4 Å². The van der Waals surface area contributed by atoms with Crippen LogP contribution in [0.5, 0.6) is 5.75 Å². The smallest absolute Gasteiger partial charge is 0.387 e. The van der Waals surface area contributed by atoms with Crippen LogP contribution in [0.4, 0.5) is 25.0 Å². The molecule has 8 nitrogen and oxygen atoms in total. The minimum absolute atomic E-state index is 0.0413. The SMILES string of the molecule is CCCN(CCO)C(=O)Nc1cc([N+](=O)[O-])ccc1OC(F)F. The van der Waals surface area contributed by atoms with Crippen molar-refractivity contribution < 1.29 is 28.3 Å². The van der Waals surface area contributed by atoms with Gasteiger partial charge in [-0.3, -0.25) is 10.1 Å². The summed E-state index contributed by atoms with van der Waals surface area (Å²) in [7, 11) is 0. The number of nitro groups is 1. The average molecular weight is 333 g/mol. The van der Waals surface area contributed by atoms with Gasteiger partial charge in [-0.2, -0.15) is 8.78 Å². The fraction of sp³-hybridized carbons (Fsp3) is 0.462. The van der Waals surface area contributed by atoms with Crippen molar-refractivity contribution in [3.05, 3.63) is 28.3 Å². The first-order chi connectivity index (χ1) is 10.9. The topological polar surface area (TPSA) is 105 Å². The Morgan fingerprint density at radius 1 is 1.48 bits per heavy atom. The normalized spacial score (nSPS) is 10.5. The lowest BCUT2D eigenvalue weighted by molar-refractivity contribution is -0.384. The maximum absolute atomic E-state index is 12.4. The van der Waals surface area contributed by atoms with Gasteiger partial charge in [0.1, 0.15) is 5.75 Å². The van der Waals surface area contributed by atoms with E-state index in [1.807, 2.05) is 6.92 Å². The van der Waals surface area contributed by atoms with E-state index in [0.717, 1.165) is 18.2 Å². The van der Waals surface area contributed by atoms with E-state index in [0.29, 0.717) is 13.0 Å². The molecule has 0 radical (unpaired) electrons. The van der Waals surface area contributed by atoms with Crippen molar-refractivity contribution in [2.45, 2.75) is 20.0 Å². The summed E-state index contributed by atoms with van der Waals surface area (Å²) in [6, 6.07) is 2.22. The van der Waals surface area contributed by atoms with E-state index >= 15 is 0 Å². The molecule has 0 aliphatic heterocycles. The number of carbonyl (C=O) groups excluding carboxylic acids is 1. The third-order valence-corrected chi connectivity index (χ3v) is 2.78. The lowest BCUT2D eigenvalue weighted by atomic mass is 10.2. The zero-order valence-corrected chi connectivity index (χ0v) is 12.4. The number of urea groups is 1. The minimum Gasteiger partial charge on any atom is -0.433 e. The van der Waals surface area contributed by atoms with Gasteiger partial charge in [-0.15, -0.1) is 0 Å². The van der Waals surface area contributed by atoms with Gasteiger partial charge >= 0.3 is 12.6 Å². The van der Waals surface area contributed by atoms with Crippen molar-refractivity contribution in [2.75, 3.05) is 25.0 Å². The molecule has 0 fully saturated rings. The molecule has 23 heavy (non-hydrogen) atoms. The summed E-state index contributed by atoms with van der Waals surface area (Å²) < 4.78 is 29.0. The van der Waals surface area contributed by atoms with Gasteiger partial charge in [0.25, 0.3) is 5.69 Å². The first-order valence-electron chi connectivity index (χ1n) is 6.79. The van der Waals surface area contributed by atoms with Crippen molar-refractivity contribution in [1.29, 1.82) is 0 Å². The lowest BCUT2D eigenvalue weighted by Crippen LogP contribution is -2.37. The van der Waals surface area contributed by atoms with Crippen molar-refractivity contribution in [3.8, 4) is 5.75 Å². The van der Waals surface area contributed by atoms with Crippen LogP contribution < -0.4 is 10.1 Å². The molecule has 10 heteroatoms. The molecule has 0 aliphatic rings. The molecule has 0 bridgehead atoms. The Morgan fingerprint density at radius 3 is 2.70 bits per heavy atom. The molecule has 0 spiro atoms. The number of ether oxygens (including phenoxy) is 1. The van der Waals surface area contributed by atoms with Crippen LogP contribution in [0.3, 0.4) is 0 Å². The summed E-state index contributed by atoms with van der Waals surface area (Å²) in [5.74, 6) is -0.389. The standard InChI is InChI=1S/C13H17F2N3O5/c1-2-5-17(6-7-19)13(20)16-10-8-9(18(21)22)3-4-11(10)23-12(14)15/h3-4,8,12,19H,2,5-7H2,1H3,(H,16,20). The van der Waals surface area contributed by atoms with E-state index in [1.54, 1.807) is 0 Å². The second-order valence-corrected chi connectivity index (χ2v) is 4.46. The fourth-order valence-electron chi connectivity index (χ4n) is 1.83. The monoisotopic (exact) mass is 333 g/mol. The molecule has 0 saturated carbocycles. The Morgan fingerprint density at radius 2 is 2.17 bits per heavy atom. The quantitative estimate of drug-likeness (QED) is 0.561. The largest absolute Gasteiger partial charge is 0.433 e. The van der Waals surface area contributed by atoms with E-state index in [4.69, 9.17) is 5.11 Å². The van der Waals surface area contributed by atoms with Crippen LogP contribution in [0.25, 0.3) is 0 Å². The highest BCUT2D eigenvalue weighted by atomic mass is 19.3. The first kappa shape index (κ1) is 18.6. The Hall–Kier alpha value is -2.49. The lowest BCUT2D eigenvalue weighted by Gasteiger charge is -2.22. The number of benzene rings is 1. The van der Waals surface area contributed by atoms with Gasteiger partial charge in [-0.25, -0.2) is 4.79 Å². The number of nitrogens with one attached hydrogen (secondary N) is 1. The molecule has 2 N–H and O–H groups in total. The Labute approximate surface area is 130 Å². The number of aliphatic hydroxyl groups excluding tert-OH is 1. The van der Waals surface area contributed by atoms with Crippen LogP contribution >= 0.6 is 0 Å². The number of alkyl halides is 2. The number of halogens is 2. The Balaban J connectivity index is 3.04. The van der Waals surface area contributed by atoms with Gasteiger partial charge < -0.3 is 20.1 Å². The summed E-state index contributed by atoms with van der Waals surface area (Å²) >= 11 is 0. The van der Waals surface area contributed by atoms with Gasteiger partial charge in [0.05, 0.1) is 17.2 Å². The molecule has 0 unspecified atom stereocenters. The molecule has 0 saturated heterocycles. The summed E-state index contributed by atoms with van der Waals surface area (Å²) in [5.41, 5.74) is -0.630. The molecule has 128 valence electrons. The number of carbonyl (C=O) groups is 1. The Bertz CT molecular complexity index is 550. The number of rotatable bonds is 8. The highest BCUT2D eigenvalue weighted by Gasteiger charge is 2.19. The Kier molecular flexibility index (Phi) is 7.13. The molecular formula is C13H17F2N3O5. The molecule has 0 heterocycles. The van der Waals surface area contributed by atoms with E-state index in [-0.39, 0.29) is 30.3 Å². The zero-order chi connectivity index (χ0) is 17.4. The van der Waals surface area contributed by atoms with Crippen LogP contribution in [-0.2, 0) is 0 Å². The first-order valence-corrected chi connectivity index (χ1v) is 6.79. The van der Waals surface area contributed by atoms with Gasteiger partial charge in [0, 0.05) is 25.2 Å². The van der Waals surface area contributed by atoms with E-state index in [9.17, 15) is 23.7 Å². The maximum atomic E-state index is 12.4. The van der Waals surface area contributed by atoms with Crippen LogP contribution in [-0.4, -0.2) is 47.3 Å². The summed E-state index contributed by atoms with van der Waals surface area (Å²) in [6.07, 6.45) is 0.614. The fourth-order valence-corrected chi connectivity index (χ4v) is 1.83. The van der Waals surface area contributed by atoms with E-state index in [2.05, 4.69) is 10.1 Å². The van der Waals surface area contributed by atoms with Crippen molar-refractivity contribution in [1.82, 2.24) is 4.90 Å². The highest BCUT2D eigenvalue weighted by Crippen LogP contribution is 2.30. The second kappa shape index (κ2) is 8.83. The predicted molar refractivity (Wildman–Crippen MR) is 77.7 cm³/mol. The molecule has 0 atom stereocenters. The second-order valence-electron chi connectivity index (χ2n) is 4.46. The molecular weight excluding hydrogens is 316 g/mol. The van der Waals surface area contributed by atoms with Gasteiger partial charge in [-0.05, 0) is 12.5 Å². The highest BCUT2D eigenvalue weighted by molar-refractivity contribution is 5.91. The van der Waals surface area contributed by atoms with E-state index in [1.165, 1.54) is 4.90 Å². The number of aliphatic hydroxyl groups is 1. The number of amides is 2. The number of nitro benzene ring substituents is 1. The molecule has 1 rings (SSSR count). The minimum atomic E-state index is -3.14. The van der Waals surface area contributed by atoms with Gasteiger partial charge in [0.2, 0.25) is 0 Å². The van der Waals surface area contributed by atoms with Crippen LogP contribution in [0.15, 0.2) is 18.2 Å². The number of non-ortho nitro benzene ring substituents is 1. The number of nitrogens with zero attached hydrogens (tertiary/aromatic N) is 2. The molecule has 0 aromatic heterocycles. The van der Waals surface area contributed by atoms with Gasteiger partial charge in [-0.1, -0.05) is 6.92 Å². The maximum Gasteiger partial charge on any atom is 0.387 e. The zero-order valence-electron chi connectivity index (χ0n) is 12.4. The number of anilines is 1. The molecule has 1 aromatic rings. The van der Waals surface area contributed by atoms with Crippen LogP contribution in [0.2, 0.25) is 0 Å². The van der Waals surface area contributed by atoms with Gasteiger partial charge in [0.15, 0.2) is 0 Å². The van der Waals surface area contributed by atoms with Crippen molar-refractivity contribution in [3.63, 3.8) is 0 Å².